The number of hydrogen-bond donors (Lipinski definition) is 1. The molecule has 2 heterocycles. The molecule has 2 aliphatic rings. The molecule has 1 N–H and O–H groups in total. The number of Topliss-reactive ketones (excluding diaryl/α,β-unsaturated/α-hetero) is 1. The van der Waals surface area contributed by atoms with Crippen LogP contribution in [0.3, 0.4) is 0 Å². The molecule has 1 atom stereocenters. The molecular weight excluding hydrogens is 450 g/mol. The van der Waals surface area contributed by atoms with E-state index in [4.69, 9.17) is 16.3 Å². The van der Waals surface area contributed by atoms with Crippen LogP contribution in [0.5, 0.6) is 0 Å². The highest BCUT2D eigenvalue weighted by Crippen LogP contribution is 2.40. The number of likely N-dealkylation sites (tertiary alicyclic amines) is 1. The first-order chi connectivity index (χ1) is 15.9. The van der Waals surface area contributed by atoms with Crippen LogP contribution in [0.2, 0.25) is 5.02 Å². The molecule has 0 bridgehead atoms. The second-order valence-electron chi connectivity index (χ2n) is 7.81. The Kier molecular flexibility index (Phi) is 6.73. The first kappa shape index (κ1) is 22.9. The van der Waals surface area contributed by atoms with E-state index < -0.39 is 22.7 Å². The van der Waals surface area contributed by atoms with Crippen LogP contribution in [0.4, 0.5) is 5.69 Å². The predicted molar refractivity (Wildman–Crippen MR) is 121 cm³/mol. The number of hydrogen-bond acceptors (Lipinski definition) is 7. The van der Waals surface area contributed by atoms with Gasteiger partial charge in [-0.25, -0.2) is 0 Å². The maximum atomic E-state index is 13.0. The van der Waals surface area contributed by atoms with Gasteiger partial charge in [-0.05, 0) is 29.8 Å². The quantitative estimate of drug-likeness (QED) is 0.226. The van der Waals surface area contributed by atoms with E-state index in [1.807, 2.05) is 0 Å². The van der Waals surface area contributed by atoms with Gasteiger partial charge in [-0.1, -0.05) is 23.7 Å². The van der Waals surface area contributed by atoms with E-state index in [9.17, 15) is 24.8 Å². The molecule has 172 valence electrons. The number of ketones is 1. The lowest BCUT2D eigenvalue weighted by molar-refractivity contribution is -0.384. The average molecular weight is 472 g/mol. The van der Waals surface area contributed by atoms with Crippen molar-refractivity contribution in [3.63, 3.8) is 0 Å². The Labute approximate surface area is 195 Å². The maximum Gasteiger partial charge on any atom is 0.295 e. The number of halogens is 1. The van der Waals surface area contributed by atoms with E-state index in [1.54, 1.807) is 30.3 Å². The lowest BCUT2D eigenvalue weighted by Gasteiger charge is -2.31. The highest BCUT2D eigenvalue weighted by molar-refractivity contribution is 6.46. The summed E-state index contributed by atoms with van der Waals surface area (Å²) in [5.41, 5.74) is 0.421. The molecule has 2 aromatic rings. The number of non-ortho nitro benzene ring substituents is 1. The number of nitro groups is 1. The summed E-state index contributed by atoms with van der Waals surface area (Å²) < 4.78 is 5.35. The van der Waals surface area contributed by atoms with Crippen molar-refractivity contribution in [3.05, 3.63) is 80.4 Å². The molecule has 2 aromatic carbocycles. The molecule has 2 saturated heterocycles. The smallest absolute Gasteiger partial charge is 0.295 e. The van der Waals surface area contributed by atoms with Gasteiger partial charge >= 0.3 is 0 Å². The van der Waals surface area contributed by atoms with Gasteiger partial charge in [0.05, 0.1) is 29.8 Å². The highest BCUT2D eigenvalue weighted by Gasteiger charge is 2.46. The van der Waals surface area contributed by atoms with E-state index >= 15 is 0 Å². The Morgan fingerprint density at radius 3 is 2.48 bits per heavy atom. The number of nitrogens with zero attached hydrogens (tertiary/aromatic N) is 3. The number of carbonyl (C=O) groups is 2. The van der Waals surface area contributed by atoms with Gasteiger partial charge in [-0.15, -0.1) is 0 Å². The zero-order valence-electron chi connectivity index (χ0n) is 17.6. The van der Waals surface area contributed by atoms with Gasteiger partial charge in [0.1, 0.15) is 5.76 Å². The minimum Gasteiger partial charge on any atom is -0.507 e. The number of rotatable bonds is 6. The number of nitro benzene ring substituents is 1. The number of carbonyl (C=O) groups excluding carboxylic acids is 2. The zero-order valence-corrected chi connectivity index (χ0v) is 18.4. The van der Waals surface area contributed by atoms with E-state index in [1.165, 1.54) is 23.1 Å². The summed E-state index contributed by atoms with van der Waals surface area (Å²) in [4.78, 5) is 40.4. The summed E-state index contributed by atoms with van der Waals surface area (Å²) in [5, 5.41) is 22.8. The number of amides is 1. The number of benzene rings is 2. The molecule has 0 aromatic heterocycles. The van der Waals surface area contributed by atoms with Gasteiger partial charge in [0, 0.05) is 48.9 Å². The maximum absolute atomic E-state index is 13.0. The van der Waals surface area contributed by atoms with Crippen LogP contribution >= 0.6 is 11.6 Å². The van der Waals surface area contributed by atoms with Crippen LogP contribution in [0.25, 0.3) is 5.76 Å². The van der Waals surface area contributed by atoms with Crippen molar-refractivity contribution in [1.29, 1.82) is 0 Å². The van der Waals surface area contributed by atoms with Crippen LogP contribution in [0, 0.1) is 10.1 Å². The highest BCUT2D eigenvalue weighted by atomic mass is 35.5. The van der Waals surface area contributed by atoms with Crippen molar-refractivity contribution in [2.45, 2.75) is 6.04 Å². The van der Waals surface area contributed by atoms with Crippen LogP contribution in [-0.2, 0) is 14.3 Å². The van der Waals surface area contributed by atoms with Crippen molar-refractivity contribution in [2.75, 3.05) is 39.4 Å². The molecule has 0 unspecified atom stereocenters. The summed E-state index contributed by atoms with van der Waals surface area (Å²) in [6, 6.07) is 11.0. The first-order valence-corrected chi connectivity index (χ1v) is 10.8. The topological polar surface area (TPSA) is 113 Å². The zero-order chi connectivity index (χ0) is 23.5. The number of aliphatic hydroxyl groups is 1. The van der Waals surface area contributed by atoms with Gasteiger partial charge in [-0.3, -0.25) is 24.6 Å². The van der Waals surface area contributed by atoms with Crippen molar-refractivity contribution < 1.29 is 24.4 Å². The Bertz CT molecular complexity index is 1110. The third-order valence-electron chi connectivity index (χ3n) is 5.82. The van der Waals surface area contributed by atoms with Crippen LogP contribution in [-0.4, -0.2) is 70.9 Å². The second kappa shape index (κ2) is 9.70. The second-order valence-corrected chi connectivity index (χ2v) is 8.24. The van der Waals surface area contributed by atoms with Crippen LogP contribution in [0.1, 0.15) is 17.2 Å². The van der Waals surface area contributed by atoms with Crippen LogP contribution < -0.4 is 0 Å². The summed E-state index contributed by atoms with van der Waals surface area (Å²) in [6.07, 6.45) is 0. The van der Waals surface area contributed by atoms with E-state index in [-0.39, 0.29) is 23.6 Å². The molecule has 10 heteroatoms. The summed E-state index contributed by atoms with van der Waals surface area (Å²) in [7, 11) is 0. The minimum atomic E-state index is -0.957. The summed E-state index contributed by atoms with van der Waals surface area (Å²) in [6.45, 7) is 3.30. The van der Waals surface area contributed by atoms with E-state index in [0.717, 1.165) is 0 Å². The fraction of sp³-hybridized carbons (Fsp3) is 0.304. The van der Waals surface area contributed by atoms with Gasteiger partial charge in [0.2, 0.25) is 0 Å². The average Bonchev–Trinajstić information content (AvgIpc) is 3.08. The monoisotopic (exact) mass is 471 g/mol. The third kappa shape index (κ3) is 4.75. The van der Waals surface area contributed by atoms with Gasteiger partial charge in [-0.2, -0.15) is 0 Å². The molecule has 1 amide bonds. The minimum absolute atomic E-state index is 0.107. The fourth-order valence-electron chi connectivity index (χ4n) is 4.10. The normalized spacial score (nSPS) is 20.9. The molecule has 0 aliphatic carbocycles. The lowest BCUT2D eigenvalue weighted by atomic mass is 9.95. The Morgan fingerprint density at radius 1 is 1.12 bits per heavy atom. The fourth-order valence-corrected chi connectivity index (χ4v) is 4.23. The summed E-state index contributed by atoms with van der Waals surface area (Å²) in [5.74, 6) is -1.94. The van der Waals surface area contributed by atoms with Crippen molar-refractivity contribution in [1.82, 2.24) is 9.80 Å². The number of aliphatic hydroxyl groups excluding tert-OH is 1. The molecule has 9 nitrogen and oxygen atoms in total. The standard InChI is InChI=1S/C23H22ClN3O6/c24-17-6-4-15(5-7-17)21(28)19-20(16-2-1-3-18(14-16)27(31)32)26(23(30)22(19)29)9-8-25-10-12-33-13-11-25/h1-7,14,20,28H,8-13H2/b21-19+/t20-/m1/s1. The number of ether oxygens (including phenoxy) is 1. The van der Waals surface area contributed by atoms with E-state index in [2.05, 4.69) is 4.90 Å². The van der Waals surface area contributed by atoms with Gasteiger partial charge in [0.15, 0.2) is 0 Å². The largest absolute Gasteiger partial charge is 0.507 e. The third-order valence-corrected chi connectivity index (χ3v) is 6.07. The van der Waals surface area contributed by atoms with Gasteiger partial charge < -0.3 is 14.7 Å². The molecule has 0 radical (unpaired) electrons. The molecule has 2 aliphatic heterocycles. The van der Waals surface area contributed by atoms with Crippen molar-refractivity contribution in [2.24, 2.45) is 0 Å². The van der Waals surface area contributed by atoms with Crippen molar-refractivity contribution in [3.8, 4) is 0 Å². The summed E-state index contributed by atoms with van der Waals surface area (Å²) >= 11 is 5.93. The van der Waals surface area contributed by atoms with E-state index in [0.29, 0.717) is 49.0 Å². The number of morpholine rings is 1. The SMILES string of the molecule is O=C1C(=O)N(CCN2CCOCC2)[C@H](c2cccc([N+](=O)[O-])c2)/C1=C(\O)c1ccc(Cl)cc1. The van der Waals surface area contributed by atoms with Crippen LogP contribution in [0.15, 0.2) is 54.1 Å². The lowest BCUT2D eigenvalue weighted by Crippen LogP contribution is -2.42. The molecule has 33 heavy (non-hydrogen) atoms. The molecule has 0 saturated carbocycles. The molecule has 4 rings (SSSR count). The molecule has 2 fully saturated rings. The Balaban J connectivity index is 1.77. The molecular formula is C23H22ClN3O6. The first-order valence-electron chi connectivity index (χ1n) is 10.5. The van der Waals surface area contributed by atoms with Crippen molar-refractivity contribution >= 4 is 34.7 Å². The molecule has 0 spiro atoms. The van der Waals surface area contributed by atoms with Gasteiger partial charge in [0.25, 0.3) is 17.4 Å². The predicted octanol–water partition coefficient (Wildman–Crippen LogP) is 3.00. The Morgan fingerprint density at radius 2 is 1.82 bits per heavy atom. The Hall–Kier alpha value is -3.27.